The number of aliphatic hydroxyl groups excluding tert-OH is 1. The van der Waals surface area contributed by atoms with Gasteiger partial charge in [0.25, 0.3) is 0 Å². The maximum atomic E-state index is 9.08. The lowest BCUT2D eigenvalue weighted by atomic mass is 9.74. The largest absolute Gasteiger partial charge is 0.393 e. The molecule has 1 saturated heterocycles. The highest BCUT2D eigenvalue weighted by atomic mass is 16.3. The van der Waals surface area contributed by atoms with Crippen molar-refractivity contribution in [1.82, 2.24) is 5.32 Å². The minimum absolute atomic E-state index is 0.0231. The quantitative estimate of drug-likeness (QED) is 0.447. The molecule has 3 atom stereocenters. The maximum absolute atomic E-state index is 9.08. The molecule has 1 aliphatic carbocycles. The molecule has 0 bridgehead atoms. The van der Waals surface area contributed by atoms with E-state index in [1.54, 1.807) is 0 Å². The number of fused-ring (bicyclic) bond motifs is 1. The topological polar surface area (TPSA) is 32.3 Å². The molecule has 2 rings (SSSR count). The van der Waals surface area contributed by atoms with Gasteiger partial charge in [-0.15, -0.1) is 0 Å². The average molecular weight is 113 g/mol. The fourth-order valence-electron chi connectivity index (χ4n) is 1.75. The molecular weight excluding hydrogens is 102 g/mol. The SMILES string of the molecule is O[C@H]1C[C@H]2CNC[C@H]21. The van der Waals surface area contributed by atoms with Gasteiger partial charge in [-0.2, -0.15) is 0 Å². The Labute approximate surface area is 48.9 Å². The number of aliphatic hydroxyl groups is 1. The lowest BCUT2D eigenvalue weighted by Gasteiger charge is -2.35. The monoisotopic (exact) mass is 113 g/mol. The number of hydrogen-bond donors (Lipinski definition) is 2. The second-order valence-corrected chi connectivity index (χ2v) is 2.89. The summed E-state index contributed by atoms with van der Waals surface area (Å²) in [5.74, 6) is 1.42. The first-order valence-corrected chi connectivity index (χ1v) is 3.26. The van der Waals surface area contributed by atoms with E-state index >= 15 is 0 Å². The molecule has 2 N–H and O–H groups in total. The van der Waals surface area contributed by atoms with Crippen LogP contribution < -0.4 is 5.32 Å². The van der Waals surface area contributed by atoms with Crippen LogP contribution in [-0.2, 0) is 0 Å². The van der Waals surface area contributed by atoms with Gasteiger partial charge in [-0.25, -0.2) is 0 Å². The molecule has 0 spiro atoms. The first-order valence-electron chi connectivity index (χ1n) is 3.26. The van der Waals surface area contributed by atoms with E-state index in [1.165, 1.54) is 0 Å². The molecule has 1 saturated carbocycles. The number of nitrogens with one attached hydrogen (secondary N) is 1. The van der Waals surface area contributed by atoms with Crippen molar-refractivity contribution in [3.8, 4) is 0 Å². The van der Waals surface area contributed by atoms with E-state index in [0.717, 1.165) is 25.4 Å². The third-order valence-corrected chi connectivity index (χ3v) is 2.43. The summed E-state index contributed by atoms with van der Waals surface area (Å²) in [7, 11) is 0. The van der Waals surface area contributed by atoms with E-state index in [9.17, 15) is 0 Å². The molecular formula is C6H11NO. The van der Waals surface area contributed by atoms with Crippen molar-refractivity contribution in [2.45, 2.75) is 12.5 Å². The Morgan fingerprint density at radius 3 is 2.75 bits per heavy atom. The highest BCUT2D eigenvalue weighted by Gasteiger charge is 2.42. The predicted octanol–water partition coefficient (Wildman–Crippen LogP) is -0.413. The van der Waals surface area contributed by atoms with Crippen molar-refractivity contribution in [2.24, 2.45) is 11.8 Å². The highest BCUT2D eigenvalue weighted by Crippen LogP contribution is 2.36. The summed E-state index contributed by atoms with van der Waals surface area (Å²) in [5.41, 5.74) is 0. The van der Waals surface area contributed by atoms with E-state index < -0.39 is 0 Å². The van der Waals surface area contributed by atoms with Gasteiger partial charge < -0.3 is 10.4 Å². The molecule has 0 aromatic rings. The summed E-state index contributed by atoms with van der Waals surface area (Å²) in [6.45, 7) is 2.19. The fraction of sp³-hybridized carbons (Fsp3) is 1.00. The fourth-order valence-corrected chi connectivity index (χ4v) is 1.75. The average Bonchev–Trinajstić information content (AvgIpc) is 2.09. The van der Waals surface area contributed by atoms with Crippen LogP contribution in [0.15, 0.2) is 0 Å². The normalized spacial score (nSPS) is 52.9. The standard InChI is InChI=1S/C6H11NO/c8-6-1-4-2-7-3-5(4)6/h4-8H,1-3H2/t4-,5+,6-/m0/s1. The van der Waals surface area contributed by atoms with Crippen molar-refractivity contribution in [1.29, 1.82) is 0 Å². The summed E-state index contributed by atoms with van der Waals surface area (Å²) < 4.78 is 0. The van der Waals surface area contributed by atoms with Crippen LogP contribution in [0, 0.1) is 11.8 Å². The van der Waals surface area contributed by atoms with E-state index in [-0.39, 0.29) is 6.10 Å². The molecule has 2 aliphatic rings. The molecule has 0 amide bonds. The zero-order valence-corrected chi connectivity index (χ0v) is 4.80. The molecule has 2 fully saturated rings. The number of hydrogen-bond acceptors (Lipinski definition) is 2. The van der Waals surface area contributed by atoms with E-state index in [1.807, 2.05) is 0 Å². The van der Waals surface area contributed by atoms with Crippen LogP contribution in [0.1, 0.15) is 6.42 Å². The van der Waals surface area contributed by atoms with E-state index in [4.69, 9.17) is 5.11 Å². The molecule has 0 radical (unpaired) electrons. The van der Waals surface area contributed by atoms with Crippen molar-refractivity contribution in [3.63, 3.8) is 0 Å². The molecule has 8 heavy (non-hydrogen) atoms. The molecule has 2 nitrogen and oxygen atoms in total. The zero-order chi connectivity index (χ0) is 5.56. The van der Waals surface area contributed by atoms with Gasteiger partial charge in [0, 0.05) is 12.5 Å². The Bertz CT molecular complexity index is 105. The van der Waals surface area contributed by atoms with Crippen LogP contribution in [0.25, 0.3) is 0 Å². The van der Waals surface area contributed by atoms with Crippen LogP contribution in [0.3, 0.4) is 0 Å². The number of rotatable bonds is 0. The highest BCUT2D eigenvalue weighted by molar-refractivity contribution is 4.95. The van der Waals surface area contributed by atoms with Gasteiger partial charge in [-0.3, -0.25) is 0 Å². The van der Waals surface area contributed by atoms with E-state index in [0.29, 0.717) is 5.92 Å². The Morgan fingerprint density at radius 2 is 2.25 bits per heavy atom. The van der Waals surface area contributed by atoms with Crippen LogP contribution >= 0.6 is 0 Å². The zero-order valence-electron chi connectivity index (χ0n) is 4.80. The van der Waals surface area contributed by atoms with Gasteiger partial charge in [0.2, 0.25) is 0 Å². The van der Waals surface area contributed by atoms with Crippen LogP contribution in [0.4, 0.5) is 0 Å². The predicted molar refractivity (Wildman–Crippen MR) is 30.5 cm³/mol. The van der Waals surface area contributed by atoms with Crippen molar-refractivity contribution in [3.05, 3.63) is 0 Å². The van der Waals surface area contributed by atoms with Gasteiger partial charge in [0.05, 0.1) is 6.10 Å². The molecule has 0 aromatic heterocycles. The summed E-state index contributed by atoms with van der Waals surface area (Å²) in [6.07, 6.45) is 1.06. The maximum Gasteiger partial charge on any atom is 0.0586 e. The Morgan fingerprint density at radius 1 is 1.38 bits per heavy atom. The Hall–Kier alpha value is -0.0800. The van der Waals surface area contributed by atoms with E-state index in [2.05, 4.69) is 5.32 Å². The van der Waals surface area contributed by atoms with Gasteiger partial charge in [0.15, 0.2) is 0 Å². The lowest BCUT2D eigenvalue weighted by molar-refractivity contribution is -0.00403. The summed E-state index contributed by atoms with van der Waals surface area (Å²) in [5, 5.41) is 12.3. The summed E-state index contributed by atoms with van der Waals surface area (Å²) >= 11 is 0. The molecule has 1 aliphatic heterocycles. The third kappa shape index (κ3) is 0.446. The van der Waals surface area contributed by atoms with Crippen LogP contribution in [0.5, 0.6) is 0 Å². The smallest absolute Gasteiger partial charge is 0.0586 e. The first kappa shape index (κ1) is 4.77. The minimum Gasteiger partial charge on any atom is -0.393 e. The van der Waals surface area contributed by atoms with Crippen LogP contribution in [-0.4, -0.2) is 24.3 Å². The summed E-state index contributed by atoms with van der Waals surface area (Å²) in [6, 6.07) is 0. The Balaban J connectivity index is 2.02. The minimum atomic E-state index is 0.0231. The lowest BCUT2D eigenvalue weighted by Crippen LogP contribution is -2.39. The summed E-state index contributed by atoms with van der Waals surface area (Å²) in [4.78, 5) is 0. The first-order chi connectivity index (χ1) is 3.88. The second kappa shape index (κ2) is 1.45. The molecule has 1 heterocycles. The van der Waals surface area contributed by atoms with Crippen molar-refractivity contribution < 1.29 is 5.11 Å². The Kier molecular flexibility index (Phi) is 0.866. The van der Waals surface area contributed by atoms with Gasteiger partial charge in [-0.1, -0.05) is 0 Å². The molecule has 46 valence electrons. The van der Waals surface area contributed by atoms with Crippen molar-refractivity contribution >= 4 is 0 Å². The molecule has 0 unspecified atom stereocenters. The van der Waals surface area contributed by atoms with Gasteiger partial charge >= 0.3 is 0 Å². The second-order valence-electron chi connectivity index (χ2n) is 2.89. The van der Waals surface area contributed by atoms with Crippen molar-refractivity contribution in [2.75, 3.05) is 13.1 Å². The molecule has 0 aromatic carbocycles. The van der Waals surface area contributed by atoms with Crippen LogP contribution in [0.2, 0.25) is 0 Å². The van der Waals surface area contributed by atoms with Gasteiger partial charge in [-0.05, 0) is 18.9 Å². The molecule has 2 heteroatoms. The third-order valence-electron chi connectivity index (χ3n) is 2.43. The van der Waals surface area contributed by atoms with Gasteiger partial charge in [0.1, 0.15) is 0 Å².